The van der Waals surface area contributed by atoms with Gasteiger partial charge in [0.1, 0.15) is 18.0 Å². The fourth-order valence-corrected chi connectivity index (χ4v) is 3.16. The Morgan fingerprint density at radius 3 is 2.77 bits per heavy atom. The van der Waals surface area contributed by atoms with Crippen LogP contribution in [0.5, 0.6) is 5.75 Å². The molecule has 0 spiro atoms. The summed E-state index contributed by atoms with van der Waals surface area (Å²) in [4.78, 5) is 30.2. The molecule has 3 aromatic rings. The molecule has 0 saturated carbocycles. The maximum Gasteiger partial charge on any atom is 0.311 e. The summed E-state index contributed by atoms with van der Waals surface area (Å²) >= 11 is 3.19. The lowest BCUT2D eigenvalue weighted by molar-refractivity contribution is -0.385. The predicted molar refractivity (Wildman–Crippen MR) is 117 cm³/mol. The van der Waals surface area contributed by atoms with E-state index in [4.69, 9.17) is 4.74 Å². The average molecular weight is 492 g/mol. The van der Waals surface area contributed by atoms with Gasteiger partial charge in [0.05, 0.1) is 28.1 Å². The fraction of sp³-hybridized carbons (Fsp3) is 0.250. The number of carbonyl (C=O) groups excluding carboxylic acids is 1. The number of nitro groups is 1. The summed E-state index contributed by atoms with van der Waals surface area (Å²) < 4.78 is 20.4. The zero-order valence-corrected chi connectivity index (χ0v) is 18.1. The lowest BCUT2D eigenvalue weighted by atomic mass is 10.2. The molecule has 0 aliphatic carbocycles. The zero-order valence-electron chi connectivity index (χ0n) is 16.5. The number of fused-ring (bicyclic) bond motifs is 1. The molecule has 11 heteroatoms. The molecule has 0 fully saturated rings. The molecule has 2 aromatic carbocycles. The SMILES string of the molecule is CC(=O)NCCCCOc1cc2ncnc(Nc3ccc(Br)cc3F)c2cc1[N+](=O)[O-]. The number of ether oxygens (including phenoxy) is 1. The van der Waals surface area contributed by atoms with E-state index in [1.54, 1.807) is 6.07 Å². The lowest BCUT2D eigenvalue weighted by Crippen LogP contribution is -2.21. The Kier molecular flexibility index (Phi) is 7.29. The van der Waals surface area contributed by atoms with Crippen LogP contribution >= 0.6 is 15.9 Å². The van der Waals surface area contributed by atoms with Crippen molar-refractivity contribution < 1.29 is 18.8 Å². The molecule has 0 aliphatic heterocycles. The van der Waals surface area contributed by atoms with Crippen LogP contribution in [0.3, 0.4) is 0 Å². The molecule has 0 atom stereocenters. The highest BCUT2D eigenvalue weighted by Gasteiger charge is 2.19. The van der Waals surface area contributed by atoms with Gasteiger partial charge in [-0.1, -0.05) is 15.9 Å². The van der Waals surface area contributed by atoms with Crippen molar-refractivity contribution >= 4 is 49.9 Å². The van der Waals surface area contributed by atoms with Gasteiger partial charge in [0.25, 0.3) is 0 Å². The van der Waals surface area contributed by atoms with E-state index in [1.165, 1.54) is 37.5 Å². The molecule has 0 radical (unpaired) electrons. The van der Waals surface area contributed by atoms with Crippen molar-refractivity contribution in [2.24, 2.45) is 0 Å². The maximum atomic E-state index is 14.2. The van der Waals surface area contributed by atoms with Crippen molar-refractivity contribution in [2.75, 3.05) is 18.5 Å². The minimum Gasteiger partial charge on any atom is -0.487 e. The highest BCUT2D eigenvalue weighted by Crippen LogP contribution is 2.35. The number of rotatable bonds is 9. The monoisotopic (exact) mass is 491 g/mol. The number of aromatic nitrogens is 2. The summed E-state index contributed by atoms with van der Waals surface area (Å²) in [6, 6.07) is 7.26. The number of halogens is 2. The Morgan fingerprint density at radius 1 is 1.26 bits per heavy atom. The third-order valence-electron chi connectivity index (χ3n) is 4.30. The number of unbranched alkanes of at least 4 members (excludes halogenated alkanes) is 1. The van der Waals surface area contributed by atoms with Crippen molar-refractivity contribution in [1.29, 1.82) is 0 Å². The van der Waals surface area contributed by atoms with Crippen molar-refractivity contribution in [3.63, 3.8) is 0 Å². The first-order valence-electron chi connectivity index (χ1n) is 9.37. The van der Waals surface area contributed by atoms with E-state index in [2.05, 4.69) is 36.5 Å². The first-order chi connectivity index (χ1) is 14.8. The molecule has 162 valence electrons. The van der Waals surface area contributed by atoms with E-state index in [0.717, 1.165) is 0 Å². The fourth-order valence-electron chi connectivity index (χ4n) is 2.82. The van der Waals surface area contributed by atoms with Gasteiger partial charge in [-0.3, -0.25) is 14.9 Å². The Bertz CT molecular complexity index is 1130. The Balaban J connectivity index is 1.83. The number of nitrogens with one attached hydrogen (secondary N) is 2. The summed E-state index contributed by atoms with van der Waals surface area (Å²) in [5, 5.41) is 17.5. The van der Waals surface area contributed by atoms with Crippen molar-refractivity contribution in [3.05, 3.63) is 57.1 Å². The largest absolute Gasteiger partial charge is 0.487 e. The smallest absolute Gasteiger partial charge is 0.311 e. The first-order valence-corrected chi connectivity index (χ1v) is 10.2. The molecule has 9 nitrogen and oxygen atoms in total. The van der Waals surface area contributed by atoms with E-state index in [0.29, 0.717) is 34.8 Å². The molecule has 3 rings (SSSR count). The Hall–Kier alpha value is -3.34. The van der Waals surface area contributed by atoms with Crippen LogP contribution in [0.4, 0.5) is 21.6 Å². The van der Waals surface area contributed by atoms with Crippen LogP contribution in [0.1, 0.15) is 19.8 Å². The molecular formula is C20H19BrFN5O4. The number of nitro benzene ring substituents is 1. The molecule has 2 N–H and O–H groups in total. The molecular weight excluding hydrogens is 473 g/mol. The molecule has 0 bridgehead atoms. The molecule has 0 unspecified atom stereocenters. The molecule has 31 heavy (non-hydrogen) atoms. The van der Waals surface area contributed by atoms with Crippen molar-refractivity contribution in [1.82, 2.24) is 15.3 Å². The topological polar surface area (TPSA) is 119 Å². The van der Waals surface area contributed by atoms with Crippen LogP contribution in [0.25, 0.3) is 10.9 Å². The Morgan fingerprint density at radius 2 is 2.06 bits per heavy atom. The van der Waals surface area contributed by atoms with Crippen LogP contribution < -0.4 is 15.4 Å². The summed E-state index contributed by atoms with van der Waals surface area (Å²) in [5.41, 5.74) is 0.336. The normalized spacial score (nSPS) is 10.7. The standard InChI is InChI=1S/C20H19BrFN5O4/c1-12(28)23-6-2-3-7-31-19-10-17-14(9-18(19)27(29)30)20(25-11-24-17)26-16-5-4-13(21)8-15(16)22/h4-5,8-11H,2-3,6-7H2,1H3,(H,23,28)(H,24,25,26). The minimum atomic E-state index is -0.553. The molecule has 0 saturated heterocycles. The molecule has 1 amide bonds. The van der Waals surface area contributed by atoms with Gasteiger partial charge < -0.3 is 15.4 Å². The molecule has 1 aromatic heterocycles. The second-order valence-corrected chi connectivity index (χ2v) is 7.52. The number of benzene rings is 2. The van der Waals surface area contributed by atoms with E-state index in [1.807, 2.05) is 0 Å². The van der Waals surface area contributed by atoms with E-state index in [9.17, 15) is 19.3 Å². The van der Waals surface area contributed by atoms with Crippen LogP contribution in [-0.4, -0.2) is 34.0 Å². The quantitative estimate of drug-likeness (QED) is 0.257. The van der Waals surface area contributed by atoms with Crippen LogP contribution in [0.15, 0.2) is 41.1 Å². The zero-order chi connectivity index (χ0) is 22.4. The van der Waals surface area contributed by atoms with Gasteiger partial charge in [-0.2, -0.15) is 0 Å². The van der Waals surface area contributed by atoms with E-state index in [-0.39, 0.29) is 35.5 Å². The van der Waals surface area contributed by atoms with Gasteiger partial charge in [-0.25, -0.2) is 14.4 Å². The van der Waals surface area contributed by atoms with Crippen LogP contribution in [0.2, 0.25) is 0 Å². The highest BCUT2D eigenvalue weighted by molar-refractivity contribution is 9.10. The first kappa shape index (κ1) is 22.3. The number of carbonyl (C=O) groups is 1. The summed E-state index contributed by atoms with van der Waals surface area (Å²) in [5.74, 6) is -0.305. The van der Waals surface area contributed by atoms with Gasteiger partial charge >= 0.3 is 5.69 Å². The highest BCUT2D eigenvalue weighted by atomic mass is 79.9. The van der Waals surface area contributed by atoms with Gasteiger partial charge in [-0.15, -0.1) is 0 Å². The predicted octanol–water partition coefficient (Wildman–Crippen LogP) is 4.48. The van der Waals surface area contributed by atoms with Crippen LogP contribution in [-0.2, 0) is 4.79 Å². The number of nitrogens with zero attached hydrogens (tertiary/aromatic N) is 3. The molecule has 0 aliphatic rings. The number of hydrogen-bond donors (Lipinski definition) is 2. The molecule has 1 heterocycles. The van der Waals surface area contributed by atoms with E-state index >= 15 is 0 Å². The Labute approximate surface area is 185 Å². The second-order valence-electron chi connectivity index (χ2n) is 6.60. The van der Waals surface area contributed by atoms with Crippen molar-refractivity contribution in [3.8, 4) is 5.75 Å². The average Bonchev–Trinajstić information content (AvgIpc) is 2.71. The lowest BCUT2D eigenvalue weighted by Gasteiger charge is -2.11. The summed E-state index contributed by atoms with van der Waals surface area (Å²) in [6.07, 6.45) is 2.56. The third kappa shape index (κ3) is 5.85. The van der Waals surface area contributed by atoms with Gasteiger partial charge in [0.2, 0.25) is 5.91 Å². The maximum absolute atomic E-state index is 14.2. The van der Waals surface area contributed by atoms with E-state index < -0.39 is 10.7 Å². The number of anilines is 2. The minimum absolute atomic E-state index is 0.0801. The number of amides is 1. The second kappa shape index (κ2) is 10.1. The van der Waals surface area contributed by atoms with Crippen molar-refractivity contribution in [2.45, 2.75) is 19.8 Å². The van der Waals surface area contributed by atoms with Gasteiger partial charge in [0.15, 0.2) is 5.75 Å². The number of hydrogen-bond acceptors (Lipinski definition) is 7. The van der Waals surface area contributed by atoms with Crippen LogP contribution in [0, 0.1) is 15.9 Å². The summed E-state index contributed by atoms with van der Waals surface area (Å²) in [7, 11) is 0. The summed E-state index contributed by atoms with van der Waals surface area (Å²) in [6.45, 7) is 2.19. The third-order valence-corrected chi connectivity index (χ3v) is 4.79. The van der Waals surface area contributed by atoms with Gasteiger partial charge in [-0.05, 0) is 31.0 Å². The van der Waals surface area contributed by atoms with Gasteiger partial charge in [0, 0.05) is 30.1 Å².